The molecule has 2 saturated heterocycles. The molecule has 4 nitrogen and oxygen atoms in total. The quantitative estimate of drug-likeness (QED) is 0.729. The molecule has 0 aromatic carbocycles. The van der Waals surface area contributed by atoms with E-state index in [1.807, 2.05) is 4.90 Å². The fraction of sp³-hybridized carbons (Fsp3) is 0.933. The Balaban J connectivity index is 1.87. The molecule has 3 rings (SSSR count). The smallest absolute Gasteiger partial charge is 0.228 e. The molecule has 2 heterocycles. The van der Waals surface area contributed by atoms with Crippen molar-refractivity contribution in [3.63, 3.8) is 0 Å². The molecular formula is C15H25NO3. The normalized spacial score (nSPS) is 41.6. The first-order valence-corrected chi connectivity index (χ1v) is 7.61. The molecule has 3 atom stereocenters. The molecule has 0 aromatic rings. The Hall–Kier alpha value is -0.610. The van der Waals surface area contributed by atoms with Gasteiger partial charge < -0.3 is 14.4 Å². The van der Waals surface area contributed by atoms with Gasteiger partial charge >= 0.3 is 0 Å². The third kappa shape index (κ3) is 1.76. The van der Waals surface area contributed by atoms with Crippen molar-refractivity contribution in [1.29, 1.82) is 0 Å². The molecule has 2 aliphatic heterocycles. The van der Waals surface area contributed by atoms with E-state index in [2.05, 4.69) is 20.8 Å². The van der Waals surface area contributed by atoms with Crippen LogP contribution in [0.25, 0.3) is 0 Å². The van der Waals surface area contributed by atoms with Crippen LogP contribution in [0.1, 0.15) is 40.0 Å². The molecule has 3 fully saturated rings. The molecule has 3 aliphatic rings. The summed E-state index contributed by atoms with van der Waals surface area (Å²) in [6.45, 7) is 9.54. The summed E-state index contributed by atoms with van der Waals surface area (Å²) >= 11 is 0. The standard InChI is InChI=1S/C15H25NO3/c1-4-16-8-5-12-11(2)15(18-9-10-19-15)7-6-14(12,3)13(16)17/h11-12H,4-10H2,1-3H3. The number of hydrogen-bond acceptors (Lipinski definition) is 3. The van der Waals surface area contributed by atoms with Gasteiger partial charge in [0.05, 0.1) is 18.6 Å². The largest absolute Gasteiger partial charge is 0.347 e. The lowest BCUT2D eigenvalue weighted by molar-refractivity contribution is -0.246. The maximum absolute atomic E-state index is 12.7. The second-order valence-electron chi connectivity index (χ2n) is 6.49. The first kappa shape index (κ1) is 13.4. The molecule has 108 valence electrons. The van der Waals surface area contributed by atoms with Crippen LogP contribution in [-0.4, -0.2) is 42.9 Å². The van der Waals surface area contributed by atoms with Crippen molar-refractivity contribution < 1.29 is 14.3 Å². The topological polar surface area (TPSA) is 38.8 Å². The van der Waals surface area contributed by atoms with Gasteiger partial charge in [0.25, 0.3) is 0 Å². The van der Waals surface area contributed by atoms with Crippen LogP contribution in [0, 0.1) is 17.3 Å². The Bertz CT molecular complexity index is 378. The SMILES string of the molecule is CCN1CCC2C(C)C3(CCC2(C)C1=O)OCCO3. The molecule has 0 radical (unpaired) electrons. The zero-order valence-electron chi connectivity index (χ0n) is 12.3. The average Bonchev–Trinajstić information content (AvgIpc) is 2.88. The molecule has 0 aromatic heterocycles. The van der Waals surface area contributed by atoms with Crippen molar-refractivity contribution in [2.45, 2.75) is 45.8 Å². The summed E-state index contributed by atoms with van der Waals surface area (Å²) in [6.07, 6.45) is 2.81. The van der Waals surface area contributed by atoms with E-state index in [4.69, 9.17) is 9.47 Å². The Kier molecular flexibility index (Phi) is 3.13. The van der Waals surface area contributed by atoms with Crippen molar-refractivity contribution in [1.82, 2.24) is 4.90 Å². The highest BCUT2D eigenvalue weighted by molar-refractivity contribution is 5.83. The Morgan fingerprint density at radius 2 is 2.00 bits per heavy atom. The van der Waals surface area contributed by atoms with Crippen LogP contribution in [0.4, 0.5) is 0 Å². The Morgan fingerprint density at radius 3 is 2.63 bits per heavy atom. The van der Waals surface area contributed by atoms with Crippen molar-refractivity contribution in [3.05, 3.63) is 0 Å². The van der Waals surface area contributed by atoms with E-state index in [1.54, 1.807) is 0 Å². The van der Waals surface area contributed by atoms with E-state index in [0.29, 0.717) is 31.0 Å². The molecule has 0 N–H and O–H groups in total. The molecule has 1 spiro atoms. The highest BCUT2D eigenvalue weighted by Crippen LogP contribution is 2.55. The molecular weight excluding hydrogens is 242 g/mol. The van der Waals surface area contributed by atoms with Crippen molar-refractivity contribution in [2.24, 2.45) is 17.3 Å². The van der Waals surface area contributed by atoms with Crippen molar-refractivity contribution >= 4 is 5.91 Å². The first-order valence-electron chi connectivity index (χ1n) is 7.61. The van der Waals surface area contributed by atoms with Gasteiger partial charge in [-0.2, -0.15) is 0 Å². The minimum atomic E-state index is -0.404. The number of fused-ring (bicyclic) bond motifs is 1. The lowest BCUT2D eigenvalue weighted by Crippen LogP contribution is -2.60. The van der Waals surface area contributed by atoms with Crippen molar-refractivity contribution in [3.8, 4) is 0 Å². The highest BCUT2D eigenvalue weighted by Gasteiger charge is 2.59. The van der Waals surface area contributed by atoms with Gasteiger partial charge in [-0.3, -0.25) is 4.79 Å². The Labute approximate surface area is 115 Å². The average molecular weight is 267 g/mol. The van der Waals surface area contributed by atoms with E-state index < -0.39 is 5.79 Å². The molecule has 0 bridgehead atoms. The number of carbonyl (C=O) groups excluding carboxylic acids is 1. The van der Waals surface area contributed by atoms with Gasteiger partial charge in [0.15, 0.2) is 5.79 Å². The van der Waals surface area contributed by atoms with E-state index >= 15 is 0 Å². The van der Waals surface area contributed by atoms with Crippen LogP contribution in [-0.2, 0) is 14.3 Å². The summed E-state index contributed by atoms with van der Waals surface area (Å²) in [5, 5.41) is 0. The number of ether oxygens (including phenoxy) is 2. The van der Waals surface area contributed by atoms with Gasteiger partial charge in [0.2, 0.25) is 5.91 Å². The summed E-state index contributed by atoms with van der Waals surface area (Å²) in [5.41, 5.74) is -0.214. The van der Waals surface area contributed by atoms with Gasteiger partial charge in [-0.1, -0.05) is 13.8 Å². The molecule has 3 unspecified atom stereocenters. The van der Waals surface area contributed by atoms with E-state index in [-0.39, 0.29) is 5.41 Å². The fourth-order valence-corrected chi connectivity index (χ4v) is 4.48. The molecule has 4 heteroatoms. The van der Waals surface area contributed by atoms with Crippen LogP contribution in [0.3, 0.4) is 0 Å². The van der Waals surface area contributed by atoms with Crippen LogP contribution < -0.4 is 0 Å². The van der Waals surface area contributed by atoms with Gasteiger partial charge in [-0.15, -0.1) is 0 Å². The lowest BCUT2D eigenvalue weighted by atomic mass is 9.57. The predicted octanol–water partition coefficient (Wildman–Crippen LogP) is 2.03. The highest BCUT2D eigenvalue weighted by atomic mass is 16.7. The van der Waals surface area contributed by atoms with E-state index in [9.17, 15) is 4.79 Å². The zero-order chi connectivity index (χ0) is 13.7. The summed E-state index contributed by atoms with van der Waals surface area (Å²) in [5.74, 6) is 0.621. The Morgan fingerprint density at radius 1 is 1.32 bits per heavy atom. The van der Waals surface area contributed by atoms with Crippen LogP contribution in [0.2, 0.25) is 0 Å². The van der Waals surface area contributed by atoms with Gasteiger partial charge in [-0.05, 0) is 25.7 Å². The molecule has 1 aliphatic carbocycles. The number of rotatable bonds is 1. The van der Waals surface area contributed by atoms with Gasteiger partial charge in [0, 0.05) is 25.4 Å². The minimum absolute atomic E-state index is 0.214. The number of nitrogens with zero attached hydrogens (tertiary/aromatic N) is 1. The third-order valence-corrected chi connectivity index (χ3v) is 5.75. The number of hydrogen-bond donors (Lipinski definition) is 0. The molecule has 1 amide bonds. The second-order valence-corrected chi connectivity index (χ2v) is 6.49. The van der Waals surface area contributed by atoms with Gasteiger partial charge in [-0.25, -0.2) is 0 Å². The van der Waals surface area contributed by atoms with Crippen LogP contribution in [0.5, 0.6) is 0 Å². The minimum Gasteiger partial charge on any atom is -0.347 e. The maximum Gasteiger partial charge on any atom is 0.228 e. The molecule has 1 saturated carbocycles. The fourth-order valence-electron chi connectivity index (χ4n) is 4.48. The number of carbonyl (C=O) groups is 1. The second kappa shape index (κ2) is 4.45. The van der Waals surface area contributed by atoms with Gasteiger partial charge in [0.1, 0.15) is 0 Å². The maximum atomic E-state index is 12.7. The number of piperidine rings is 1. The summed E-state index contributed by atoms with van der Waals surface area (Å²) in [6, 6.07) is 0. The summed E-state index contributed by atoms with van der Waals surface area (Å²) in [4.78, 5) is 14.7. The van der Waals surface area contributed by atoms with Crippen molar-refractivity contribution in [2.75, 3.05) is 26.3 Å². The summed E-state index contributed by atoms with van der Waals surface area (Å²) < 4.78 is 11.9. The molecule has 19 heavy (non-hydrogen) atoms. The van der Waals surface area contributed by atoms with E-state index in [1.165, 1.54) is 0 Å². The third-order valence-electron chi connectivity index (χ3n) is 5.75. The number of amides is 1. The van der Waals surface area contributed by atoms with E-state index in [0.717, 1.165) is 32.4 Å². The predicted molar refractivity (Wildman–Crippen MR) is 71.5 cm³/mol. The lowest BCUT2D eigenvalue weighted by Gasteiger charge is -2.55. The summed E-state index contributed by atoms with van der Waals surface area (Å²) in [7, 11) is 0. The van der Waals surface area contributed by atoms with Crippen LogP contribution in [0.15, 0.2) is 0 Å². The first-order chi connectivity index (χ1) is 9.03. The monoisotopic (exact) mass is 267 g/mol. The zero-order valence-corrected chi connectivity index (χ0v) is 12.3. The number of likely N-dealkylation sites (tertiary alicyclic amines) is 1. The van der Waals surface area contributed by atoms with Crippen LogP contribution >= 0.6 is 0 Å².